The number of amides is 1. The molecule has 1 aliphatic rings. The Balaban J connectivity index is 1.49. The molecule has 1 heterocycles. The lowest BCUT2D eigenvalue weighted by molar-refractivity contribution is -0.152. The van der Waals surface area contributed by atoms with Crippen molar-refractivity contribution in [3.05, 3.63) is 48.3 Å². The van der Waals surface area contributed by atoms with Crippen molar-refractivity contribution in [2.24, 2.45) is 0 Å². The molecule has 1 aliphatic carbocycles. The van der Waals surface area contributed by atoms with Crippen LogP contribution < -0.4 is 0 Å². The second-order valence-electron chi connectivity index (χ2n) is 6.94. The van der Waals surface area contributed by atoms with Crippen LogP contribution in [0.4, 0.5) is 0 Å². The highest BCUT2D eigenvalue weighted by Crippen LogP contribution is 2.22. The lowest BCUT2D eigenvalue weighted by atomic mass is 9.94. The maximum atomic E-state index is 12.5. The quantitative estimate of drug-likeness (QED) is 0.704. The highest BCUT2D eigenvalue weighted by atomic mass is 16.5. The largest absolute Gasteiger partial charge is 0.455 e. The first-order valence-corrected chi connectivity index (χ1v) is 9.71. The van der Waals surface area contributed by atoms with Crippen LogP contribution in [0.1, 0.15) is 44.6 Å². The maximum absolute atomic E-state index is 12.5. The molecule has 2 aromatic rings. The first-order valence-electron chi connectivity index (χ1n) is 9.71. The van der Waals surface area contributed by atoms with Crippen molar-refractivity contribution in [3.63, 3.8) is 0 Å². The fourth-order valence-electron chi connectivity index (χ4n) is 3.65. The van der Waals surface area contributed by atoms with Gasteiger partial charge in [-0.1, -0.05) is 37.5 Å². The average molecular weight is 369 g/mol. The summed E-state index contributed by atoms with van der Waals surface area (Å²) in [6, 6.07) is 9.98. The van der Waals surface area contributed by atoms with E-state index in [1.807, 2.05) is 42.2 Å². The number of likely N-dealkylation sites (N-methyl/N-ethyl adjacent to an activating group) is 1. The normalized spacial score (nSPS) is 14.7. The van der Waals surface area contributed by atoms with Crippen LogP contribution in [0.25, 0.3) is 5.69 Å². The number of benzene rings is 1. The van der Waals surface area contributed by atoms with Gasteiger partial charge in [0.25, 0.3) is 5.91 Å². The summed E-state index contributed by atoms with van der Waals surface area (Å²) in [5.41, 5.74) is 1.69. The molecular formula is C21H27N3O3. The van der Waals surface area contributed by atoms with Gasteiger partial charge in [-0.3, -0.25) is 9.59 Å². The minimum absolute atomic E-state index is 0.0993. The molecule has 6 nitrogen and oxygen atoms in total. The van der Waals surface area contributed by atoms with Gasteiger partial charge in [0.05, 0.1) is 18.3 Å². The van der Waals surface area contributed by atoms with Gasteiger partial charge in [-0.25, -0.2) is 4.68 Å². The highest BCUT2D eigenvalue weighted by molar-refractivity contribution is 5.81. The summed E-state index contributed by atoms with van der Waals surface area (Å²) in [7, 11) is 0. The summed E-state index contributed by atoms with van der Waals surface area (Å²) in [5.74, 6) is -0.506. The van der Waals surface area contributed by atoms with Crippen LogP contribution in [-0.4, -0.2) is 45.8 Å². The third-order valence-electron chi connectivity index (χ3n) is 5.04. The number of aromatic nitrogens is 2. The molecule has 0 bridgehead atoms. The molecule has 0 atom stereocenters. The van der Waals surface area contributed by atoms with Crippen molar-refractivity contribution in [1.29, 1.82) is 0 Å². The van der Waals surface area contributed by atoms with Crippen molar-refractivity contribution < 1.29 is 14.3 Å². The van der Waals surface area contributed by atoms with E-state index in [4.69, 9.17) is 4.74 Å². The fourth-order valence-corrected chi connectivity index (χ4v) is 3.65. The number of hydrogen-bond donors (Lipinski definition) is 0. The van der Waals surface area contributed by atoms with Crippen molar-refractivity contribution in [2.75, 3.05) is 13.2 Å². The lowest BCUT2D eigenvalue weighted by Gasteiger charge is -2.33. The molecule has 3 rings (SSSR count). The van der Waals surface area contributed by atoms with Gasteiger partial charge in [0.15, 0.2) is 6.61 Å². The Labute approximate surface area is 160 Å². The van der Waals surface area contributed by atoms with E-state index in [9.17, 15) is 9.59 Å². The highest BCUT2D eigenvalue weighted by Gasteiger charge is 2.24. The summed E-state index contributed by atoms with van der Waals surface area (Å²) in [5, 5.41) is 4.27. The van der Waals surface area contributed by atoms with Crippen LogP contribution in [0.2, 0.25) is 0 Å². The predicted molar refractivity (Wildman–Crippen MR) is 102 cm³/mol. The minimum Gasteiger partial charge on any atom is -0.455 e. The molecule has 1 aromatic heterocycles. The first kappa shape index (κ1) is 19.1. The number of esters is 1. The van der Waals surface area contributed by atoms with E-state index >= 15 is 0 Å². The molecule has 1 saturated carbocycles. The van der Waals surface area contributed by atoms with E-state index < -0.39 is 5.97 Å². The molecule has 0 saturated heterocycles. The number of para-hydroxylation sites is 1. The molecule has 27 heavy (non-hydrogen) atoms. The molecule has 0 aliphatic heterocycles. The Morgan fingerprint density at radius 1 is 1.19 bits per heavy atom. The summed E-state index contributed by atoms with van der Waals surface area (Å²) < 4.78 is 6.95. The number of hydrogen-bond acceptors (Lipinski definition) is 4. The van der Waals surface area contributed by atoms with Gasteiger partial charge >= 0.3 is 5.97 Å². The van der Waals surface area contributed by atoms with Crippen LogP contribution in [-0.2, 0) is 20.7 Å². The van der Waals surface area contributed by atoms with Gasteiger partial charge in [-0.15, -0.1) is 0 Å². The first-order chi connectivity index (χ1) is 13.2. The SMILES string of the molecule is CCN(C(=O)COC(=O)Cc1cnn(-c2ccccc2)c1)C1CCCCC1. The lowest BCUT2D eigenvalue weighted by Crippen LogP contribution is -2.43. The Bertz CT molecular complexity index is 751. The minimum atomic E-state index is -0.407. The van der Waals surface area contributed by atoms with E-state index in [-0.39, 0.29) is 18.9 Å². The van der Waals surface area contributed by atoms with E-state index in [0.29, 0.717) is 12.6 Å². The standard InChI is InChI=1S/C21H27N3O3/c1-2-23(18-9-5-3-6-10-18)20(25)16-27-21(26)13-17-14-22-24(15-17)19-11-7-4-8-12-19/h4,7-8,11-12,14-15,18H,2-3,5-6,9-10,13,16H2,1H3. The smallest absolute Gasteiger partial charge is 0.310 e. The molecule has 0 unspecified atom stereocenters. The van der Waals surface area contributed by atoms with Gasteiger partial charge in [-0.2, -0.15) is 5.10 Å². The molecule has 1 fully saturated rings. The Morgan fingerprint density at radius 3 is 2.63 bits per heavy atom. The maximum Gasteiger partial charge on any atom is 0.310 e. The zero-order valence-electron chi connectivity index (χ0n) is 15.8. The molecule has 144 valence electrons. The molecule has 1 aromatic carbocycles. The second-order valence-corrected chi connectivity index (χ2v) is 6.94. The number of carbonyl (C=O) groups is 2. The Morgan fingerprint density at radius 2 is 1.93 bits per heavy atom. The van der Waals surface area contributed by atoms with E-state index in [2.05, 4.69) is 5.10 Å². The van der Waals surface area contributed by atoms with Crippen molar-refractivity contribution >= 4 is 11.9 Å². The van der Waals surface area contributed by atoms with Crippen LogP contribution in [0.5, 0.6) is 0 Å². The summed E-state index contributed by atoms with van der Waals surface area (Å²) in [4.78, 5) is 26.4. The van der Waals surface area contributed by atoms with Gasteiger partial charge in [0.2, 0.25) is 0 Å². The van der Waals surface area contributed by atoms with Crippen LogP contribution in [0, 0.1) is 0 Å². The zero-order valence-corrected chi connectivity index (χ0v) is 15.8. The molecule has 6 heteroatoms. The monoisotopic (exact) mass is 369 g/mol. The summed E-state index contributed by atoms with van der Waals surface area (Å²) in [6.07, 6.45) is 9.23. The molecule has 1 amide bonds. The van der Waals surface area contributed by atoms with Gasteiger partial charge in [0, 0.05) is 24.3 Å². The van der Waals surface area contributed by atoms with E-state index in [1.54, 1.807) is 17.1 Å². The van der Waals surface area contributed by atoms with E-state index in [0.717, 1.165) is 24.1 Å². The van der Waals surface area contributed by atoms with Crippen LogP contribution in [0.3, 0.4) is 0 Å². The van der Waals surface area contributed by atoms with Crippen LogP contribution in [0.15, 0.2) is 42.7 Å². The molecule has 0 radical (unpaired) electrons. The van der Waals surface area contributed by atoms with Gasteiger partial charge in [0.1, 0.15) is 0 Å². The number of nitrogens with zero attached hydrogens (tertiary/aromatic N) is 3. The third kappa shape index (κ3) is 5.18. The average Bonchev–Trinajstić information content (AvgIpc) is 3.17. The molecule has 0 N–H and O–H groups in total. The van der Waals surface area contributed by atoms with Crippen molar-refractivity contribution in [1.82, 2.24) is 14.7 Å². The number of carbonyl (C=O) groups excluding carboxylic acids is 2. The predicted octanol–water partition coefficient (Wildman–Crippen LogP) is 3.14. The molecule has 0 spiro atoms. The molecular weight excluding hydrogens is 342 g/mol. The number of rotatable bonds is 7. The van der Waals surface area contributed by atoms with E-state index in [1.165, 1.54) is 19.3 Å². The van der Waals surface area contributed by atoms with Gasteiger partial charge < -0.3 is 9.64 Å². The Kier molecular flexibility index (Phi) is 6.63. The Hall–Kier alpha value is -2.63. The van der Waals surface area contributed by atoms with Crippen molar-refractivity contribution in [3.8, 4) is 5.69 Å². The fraction of sp³-hybridized carbons (Fsp3) is 0.476. The van der Waals surface area contributed by atoms with Crippen LogP contribution >= 0.6 is 0 Å². The summed E-state index contributed by atoms with van der Waals surface area (Å²) in [6.45, 7) is 2.45. The number of ether oxygens (including phenoxy) is 1. The topological polar surface area (TPSA) is 64.4 Å². The zero-order chi connectivity index (χ0) is 19.1. The second kappa shape index (κ2) is 9.35. The summed E-state index contributed by atoms with van der Waals surface area (Å²) >= 11 is 0. The van der Waals surface area contributed by atoms with Gasteiger partial charge in [-0.05, 0) is 31.9 Å². The van der Waals surface area contributed by atoms with Crippen molar-refractivity contribution in [2.45, 2.75) is 51.5 Å². The third-order valence-corrected chi connectivity index (χ3v) is 5.04.